The summed E-state index contributed by atoms with van der Waals surface area (Å²) in [5.74, 6) is -0.155. The summed E-state index contributed by atoms with van der Waals surface area (Å²) >= 11 is 6.04. The molecule has 0 radical (unpaired) electrons. The number of carbonyl (C=O) groups excluding carboxylic acids is 2. The van der Waals surface area contributed by atoms with Crippen molar-refractivity contribution in [2.75, 3.05) is 24.6 Å². The molecule has 0 aromatic heterocycles. The Morgan fingerprint density at radius 1 is 1.41 bits per heavy atom. The van der Waals surface area contributed by atoms with Gasteiger partial charge in [-0.25, -0.2) is 0 Å². The van der Waals surface area contributed by atoms with Gasteiger partial charge < -0.3 is 15.0 Å². The number of benzene rings is 1. The van der Waals surface area contributed by atoms with Gasteiger partial charge in [-0.2, -0.15) is 0 Å². The van der Waals surface area contributed by atoms with Crippen LogP contribution in [0, 0.1) is 0 Å². The van der Waals surface area contributed by atoms with Crippen LogP contribution in [0.15, 0.2) is 18.2 Å². The first-order valence-electron chi connectivity index (χ1n) is 7.65. The summed E-state index contributed by atoms with van der Waals surface area (Å²) in [6, 6.07) is 5.03. The fourth-order valence-electron chi connectivity index (χ4n) is 2.93. The highest BCUT2D eigenvalue weighted by atomic mass is 35.5. The van der Waals surface area contributed by atoms with E-state index in [1.807, 2.05) is 0 Å². The summed E-state index contributed by atoms with van der Waals surface area (Å²) in [7, 11) is 0. The summed E-state index contributed by atoms with van der Waals surface area (Å²) in [5.41, 5.74) is 1.08. The van der Waals surface area contributed by atoms with Gasteiger partial charge in [-0.1, -0.05) is 11.6 Å². The first kappa shape index (κ1) is 15.3. The molecule has 3 rings (SSSR count). The molecule has 5 nitrogen and oxygen atoms in total. The Kier molecular flexibility index (Phi) is 4.64. The van der Waals surface area contributed by atoms with Gasteiger partial charge in [0.25, 0.3) is 5.91 Å². The largest absolute Gasteiger partial charge is 0.376 e. The zero-order valence-corrected chi connectivity index (χ0v) is 13.1. The van der Waals surface area contributed by atoms with Crippen molar-refractivity contribution < 1.29 is 14.3 Å². The second kappa shape index (κ2) is 6.67. The quantitative estimate of drug-likeness (QED) is 0.926. The lowest BCUT2D eigenvalue weighted by atomic mass is 10.1. The molecule has 118 valence electrons. The van der Waals surface area contributed by atoms with E-state index in [9.17, 15) is 9.59 Å². The van der Waals surface area contributed by atoms with Crippen LogP contribution in [-0.2, 0) is 9.53 Å². The zero-order valence-electron chi connectivity index (χ0n) is 12.3. The summed E-state index contributed by atoms with van der Waals surface area (Å²) in [6.07, 6.45) is 3.42. The van der Waals surface area contributed by atoms with Crippen LogP contribution >= 0.6 is 11.6 Å². The SMILES string of the molecule is O=C(NC[C@H]1CCCO1)c1ccc(Cl)cc1N1CCCC1=O. The van der Waals surface area contributed by atoms with E-state index in [0.29, 0.717) is 35.8 Å². The molecular weight excluding hydrogens is 304 g/mol. The van der Waals surface area contributed by atoms with Gasteiger partial charge in [0, 0.05) is 31.1 Å². The number of anilines is 1. The van der Waals surface area contributed by atoms with Crippen molar-refractivity contribution in [1.82, 2.24) is 5.32 Å². The molecule has 2 fully saturated rings. The van der Waals surface area contributed by atoms with Gasteiger partial charge in [0.2, 0.25) is 5.91 Å². The third-order valence-electron chi connectivity index (χ3n) is 4.08. The average Bonchev–Trinajstić information content (AvgIpc) is 3.16. The Hall–Kier alpha value is -1.59. The lowest BCUT2D eigenvalue weighted by molar-refractivity contribution is -0.117. The van der Waals surface area contributed by atoms with Crippen molar-refractivity contribution >= 4 is 29.1 Å². The summed E-state index contributed by atoms with van der Waals surface area (Å²) in [5, 5.41) is 3.41. The smallest absolute Gasteiger partial charge is 0.253 e. The third kappa shape index (κ3) is 3.25. The lowest BCUT2D eigenvalue weighted by Crippen LogP contribution is -2.34. The summed E-state index contributed by atoms with van der Waals surface area (Å²) in [6.45, 7) is 1.88. The Bertz CT molecular complexity index is 585. The number of halogens is 1. The maximum Gasteiger partial charge on any atom is 0.253 e. The molecule has 2 aliphatic rings. The highest BCUT2D eigenvalue weighted by Crippen LogP contribution is 2.28. The molecule has 2 saturated heterocycles. The number of rotatable bonds is 4. The van der Waals surface area contributed by atoms with Crippen molar-refractivity contribution in [1.29, 1.82) is 0 Å². The monoisotopic (exact) mass is 322 g/mol. The highest BCUT2D eigenvalue weighted by Gasteiger charge is 2.26. The standard InChI is InChI=1S/C16H19ClN2O3/c17-11-5-6-13(14(9-11)19-7-1-4-15(19)20)16(21)18-10-12-3-2-8-22-12/h5-6,9,12H,1-4,7-8,10H2,(H,18,21)/t12-/m1/s1. The predicted molar refractivity (Wildman–Crippen MR) is 84.3 cm³/mol. The van der Waals surface area contributed by atoms with E-state index in [2.05, 4.69) is 5.32 Å². The first-order valence-corrected chi connectivity index (χ1v) is 8.02. The molecule has 2 heterocycles. The van der Waals surface area contributed by atoms with Gasteiger partial charge in [-0.3, -0.25) is 9.59 Å². The number of hydrogen-bond acceptors (Lipinski definition) is 3. The highest BCUT2D eigenvalue weighted by molar-refractivity contribution is 6.31. The number of nitrogens with one attached hydrogen (secondary N) is 1. The molecular formula is C16H19ClN2O3. The maximum absolute atomic E-state index is 12.4. The van der Waals surface area contributed by atoms with Crippen LogP contribution in [0.2, 0.25) is 5.02 Å². The molecule has 1 atom stereocenters. The van der Waals surface area contributed by atoms with Crippen LogP contribution in [0.1, 0.15) is 36.0 Å². The minimum atomic E-state index is -0.193. The fourth-order valence-corrected chi connectivity index (χ4v) is 3.10. The summed E-state index contributed by atoms with van der Waals surface area (Å²) in [4.78, 5) is 26.1. The van der Waals surface area contributed by atoms with Gasteiger partial charge in [-0.15, -0.1) is 0 Å². The van der Waals surface area contributed by atoms with Crippen molar-refractivity contribution in [3.05, 3.63) is 28.8 Å². The Labute approximate surface area is 134 Å². The molecule has 1 aromatic rings. The normalized spacial score (nSPS) is 21.4. The van der Waals surface area contributed by atoms with Gasteiger partial charge in [-0.05, 0) is 37.5 Å². The molecule has 0 spiro atoms. The Balaban J connectivity index is 1.76. The van der Waals surface area contributed by atoms with E-state index in [1.165, 1.54) is 0 Å². The second-order valence-corrected chi connectivity index (χ2v) is 6.09. The second-order valence-electron chi connectivity index (χ2n) is 5.66. The average molecular weight is 323 g/mol. The van der Waals surface area contributed by atoms with Crippen LogP contribution in [-0.4, -0.2) is 37.6 Å². The maximum atomic E-state index is 12.4. The Morgan fingerprint density at radius 2 is 2.27 bits per heavy atom. The van der Waals surface area contributed by atoms with Crippen molar-refractivity contribution in [2.24, 2.45) is 0 Å². The fraction of sp³-hybridized carbons (Fsp3) is 0.500. The first-order chi connectivity index (χ1) is 10.6. The van der Waals surface area contributed by atoms with Crippen molar-refractivity contribution in [3.8, 4) is 0 Å². The molecule has 6 heteroatoms. The topological polar surface area (TPSA) is 58.6 Å². The molecule has 2 aliphatic heterocycles. The van der Waals surface area contributed by atoms with Crippen LogP contribution in [0.4, 0.5) is 5.69 Å². The molecule has 0 unspecified atom stereocenters. The minimum Gasteiger partial charge on any atom is -0.376 e. The van der Waals surface area contributed by atoms with Gasteiger partial charge >= 0.3 is 0 Å². The molecule has 22 heavy (non-hydrogen) atoms. The van der Waals surface area contributed by atoms with E-state index < -0.39 is 0 Å². The third-order valence-corrected chi connectivity index (χ3v) is 4.32. The van der Waals surface area contributed by atoms with E-state index in [0.717, 1.165) is 25.9 Å². The summed E-state index contributed by atoms with van der Waals surface area (Å²) < 4.78 is 5.51. The molecule has 0 bridgehead atoms. The van der Waals surface area contributed by atoms with Crippen LogP contribution in [0.5, 0.6) is 0 Å². The number of carbonyl (C=O) groups is 2. The van der Waals surface area contributed by atoms with Crippen LogP contribution in [0.25, 0.3) is 0 Å². The van der Waals surface area contributed by atoms with E-state index in [4.69, 9.17) is 16.3 Å². The number of nitrogens with zero attached hydrogens (tertiary/aromatic N) is 1. The Morgan fingerprint density at radius 3 is 2.95 bits per heavy atom. The van der Waals surface area contributed by atoms with Crippen molar-refractivity contribution in [3.63, 3.8) is 0 Å². The van der Waals surface area contributed by atoms with E-state index in [-0.39, 0.29) is 17.9 Å². The predicted octanol–water partition coefficient (Wildman–Crippen LogP) is 2.38. The minimum absolute atomic E-state index is 0.0374. The van der Waals surface area contributed by atoms with Gasteiger partial charge in [0.05, 0.1) is 17.4 Å². The van der Waals surface area contributed by atoms with Gasteiger partial charge in [0.1, 0.15) is 0 Å². The number of amides is 2. The number of hydrogen-bond donors (Lipinski definition) is 1. The van der Waals surface area contributed by atoms with E-state index in [1.54, 1.807) is 23.1 Å². The molecule has 1 N–H and O–H groups in total. The zero-order chi connectivity index (χ0) is 15.5. The molecule has 0 saturated carbocycles. The van der Waals surface area contributed by atoms with Crippen LogP contribution < -0.4 is 10.2 Å². The van der Waals surface area contributed by atoms with Crippen molar-refractivity contribution in [2.45, 2.75) is 31.8 Å². The van der Waals surface area contributed by atoms with E-state index >= 15 is 0 Å². The molecule has 1 aromatic carbocycles. The van der Waals surface area contributed by atoms with Gasteiger partial charge in [0.15, 0.2) is 0 Å². The van der Waals surface area contributed by atoms with Crippen LogP contribution in [0.3, 0.4) is 0 Å². The molecule has 0 aliphatic carbocycles. The lowest BCUT2D eigenvalue weighted by Gasteiger charge is -2.20. The molecule has 2 amide bonds. The number of ether oxygens (including phenoxy) is 1.